The molecule has 0 saturated carbocycles. The van der Waals surface area contributed by atoms with Crippen LogP contribution in [0, 0.1) is 11.5 Å². The lowest BCUT2D eigenvalue weighted by Crippen LogP contribution is -1.82. The Kier molecular flexibility index (Phi) is 6.29. The predicted octanol–water partition coefficient (Wildman–Crippen LogP) is 3.11. The summed E-state index contributed by atoms with van der Waals surface area (Å²) in [6.07, 6.45) is 11.7. The third-order valence-corrected chi connectivity index (χ3v) is 1.64. The number of H-pyrrole nitrogens is 1. The second-order valence-electron chi connectivity index (χ2n) is 2.87. The standard InChI is InChI=1S/C13H13N3O/c14-13-16-9-4-1-2-5-11-17-12-6-3-7-15-8-10-16/h1-12,15H. The molecule has 0 aliphatic carbocycles. The maximum absolute atomic E-state index is 8.80. The van der Waals surface area contributed by atoms with Gasteiger partial charge in [-0.15, -0.1) is 0 Å². The minimum atomic E-state index is 1.38. The topological polar surface area (TPSA) is 57.6 Å². The number of aromatic nitrogens is 2. The van der Waals surface area contributed by atoms with Crippen molar-refractivity contribution in [2.45, 2.75) is 0 Å². The zero-order chi connectivity index (χ0) is 12.2. The van der Waals surface area contributed by atoms with E-state index in [-0.39, 0.29) is 0 Å². The van der Waals surface area contributed by atoms with E-state index in [1.54, 1.807) is 73.7 Å². The van der Waals surface area contributed by atoms with E-state index < -0.39 is 0 Å². The fraction of sp³-hybridized carbons (Fsp3) is 0. The summed E-state index contributed by atoms with van der Waals surface area (Å²) in [6.45, 7) is 0. The van der Waals surface area contributed by atoms with Gasteiger partial charge >= 0.3 is 0 Å². The molecule has 4 nitrogen and oxygen atoms in total. The van der Waals surface area contributed by atoms with Crippen molar-refractivity contribution in [3.63, 3.8) is 0 Å². The molecule has 86 valence electrons. The van der Waals surface area contributed by atoms with E-state index in [2.05, 4.69) is 4.98 Å². The van der Waals surface area contributed by atoms with Gasteiger partial charge in [-0.05, 0) is 24.3 Å². The maximum Gasteiger partial charge on any atom is 0.188 e. The summed E-state index contributed by atoms with van der Waals surface area (Å²) in [5, 5.41) is 8.80. The maximum atomic E-state index is 8.80. The summed E-state index contributed by atoms with van der Waals surface area (Å²) in [5.74, 6) is 0. The Morgan fingerprint density at radius 2 is 1.65 bits per heavy atom. The van der Waals surface area contributed by atoms with Crippen molar-refractivity contribution in [2.24, 2.45) is 0 Å². The molecule has 0 aliphatic rings. The van der Waals surface area contributed by atoms with E-state index in [0.29, 0.717) is 0 Å². The van der Waals surface area contributed by atoms with Crippen LogP contribution in [0.4, 0.5) is 0 Å². The first kappa shape index (κ1) is 12.4. The Labute approximate surface area is 99.7 Å². The molecule has 1 rings (SSSR count). The first-order valence-electron chi connectivity index (χ1n) is 5.01. The monoisotopic (exact) mass is 227 g/mol. The number of rotatable bonds is 0. The highest BCUT2D eigenvalue weighted by Gasteiger charge is 1.70. The minimum Gasteiger partial charge on any atom is -0.473 e. The van der Waals surface area contributed by atoms with E-state index in [1.165, 1.54) is 4.57 Å². The second-order valence-corrected chi connectivity index (χ2v) is 2.87. The number of hydrogen-bond donors (Lipinski definition) is 1. The molecular weight excluding hydrogens is 214 g/mol. The van der Waals surface area contributed by atoms with E-state index >= 15 is 0 Å². The molecule has 1 aromatic heterocycles. The van der Waals surface area contributed by atoms with Crippen LogP contribution in [0.3, 0.4) is 0 Å². The largest absolute Gasteiger partial charge is 0.473 e. The van der Waals surface area contributed by atoms with Crippen LogP contribution >= 0.6 is 0 Å². The SMILES string of the molecule is N#Cn1ccccccocccc[nH]cc1. The van der Waals surface area contributed by atoms with Crippen molar-refractivity contribution >= 4 is 0 Å². The summed E-state index contributed by atoms with van der Waals surface area (Å²) in [4.78, 5) is 2.89. The third-order valence-electron chi connectivity index (χ3n) is 1.64. The van der Waals surface area contributed by atoms with Crippen molar-refractivity contribution in [3.05, 3.63) is 73.7 Å². The molecule has 1 N–H and O–H groups in total. The highest BCUT2D eigenvalue weighted by atomic mass is 16.3. The smallest absolute Gasteiger partial charge is 0.188 e. The lowest BCUT2D eigenvalue weighted by Gasteiger charge is -1.83. The van der Waals surface area contributed by atoms with Gasteiger partial charge in [-0.2, -0.15) is 5.26 Å². The molecule has 0 unspecified atom stereocenters. The number of nitrogens with one attached hydrogen (secondary N) is 1. The predicted molar refractivity (Wildman–Crippen MR) is 64.9 cm³/mol. The van der Waals surface area contributed by atoms with Crippen LogP contribution in [0.15, 0.2) is 78.1 Å². The molecule has 0 radical (unpaired) electrons. The molecule has 17 heavy (non-hydrogen) atoms. The van der Waals surface area contributed by atoms with Crippen molar-refractivity contribution < 1.29 is 4.42 Å². The van der Waals surface area contributed by atoms with Gasteiger partial charge in [0.05, 0.1) is 12.5 Å². The highest BCUT2D eigenvalue weighted by molar-refractivity contribution is 4.92. The van der Waals surface area contributed by atoms with E-state index in [4.69, 9.17) is 9.68 Å². The molecule has 4 heteroatoms. The van der Waals surface area contributed by atoms with E-state index in [1.807, 2.05) is 6.19 Å². The molecule has 1 heterocycles. The van der Waals surface area contributed by atoms with Crippen LogP contribution in [0.2, 0.25) is 0 Å². The van der Waals surface area contributed by atoms with E-state index in [0.717, 1.165) is 0 Å². The van der Waals surface area contributed by atoms with Gasteiger partial charge < -0.3 is 9.40 Å². The summed E-state index contributed by atoms with van der Waals surface area (Å²) in [5.41, 5.74) is 0. The lowest BCUT2D eigenvalue weighted by atomic mass is 10.5. The van der Waals surface area contributed by atoms with Crippen molar-refractivity contribution in [2.75, 3.05) is 0 Å². The Balaban J connectivity index is 3.21. The van der Waals surface area contributed by atoms with Gasteiger partial charge in [-0.1, -0.05) is 12.1 Å². The fourth-order valence-corrected chi connectivity index (χ4v) is 0.904. The molecule has 0 amide bonds. The molecule has 0 aliphatic heterocycles. The zero-order valence-electron chi connectivity index (χ0n) is 9.23. The summed E-state index contributed by atoms with van der Waals surface area (Å²) in [7, 11) is 0. The van der Waals surface area contributed by atoms with Crippen LogP contribution in [-0.2, 0) is 0 Å². The fourth-order valence-electron chi connectivity index (χ4n) is 0.904. The van der Waals surface area contributed by atoms with Crippen molar-refractivity contribution in [1.29, 1.82) is 5.26 Å². The Morgan fingerprint density at radius 3 is 2.47 bits per heavy atom. The summed E-state index contributed by atoms with van der Waals surface area (Å²) in [6, 6.07) is 10.6. The second kappa shape index (κ2) is 8.62. The normalized spacial score (nSPS) is 7.94. The highest BCUT2D eigenvalue weighted by Crippen LogP contribution is 1.80. The van der Waals surface area contributed by atoms with E-state index in [9.17, 15) is 0 Å². The van der Waals surface area contributed by atoms with Gasteiger partial charge in [0, 0.05) is 24.8 Å². The van der Waals surface area contributed by atoms with Gasteiger partial charge in [-0.25, -0.2) is 0 Å². The molecule has 0 spiro atoms. The zero-order valence-corrected chi connectivity index (χ0v) is 9.23. The van der Waals surface area contributed by atoms with Gasteiger partial charge in [0.25, 0.3) is 0 Å². The summed E-state index contributed by atoms with van der Waals surface area (Å²) >= 11 is 0. The van der Waals surface area contributed by atoms with Crippen molar-refractivity contribution in [3.8, 4) is 6.19 Å². The first-order chi connectivity index (χ1) is 8.43. The van der Waals surface area contributed by atoms with Gasteiger partial charge in [0.1, 0.15) is 0 Å². The van der Waals surface area contributed by atoms with Crippen molar-refractivity contribution in [1.82, 2.24) is 9.55 Å². The summed E-state index contributed by atoms with van der Waals surface area (Å²) < 4.78 is 6.43. The van der Waals surface area contributed by atoms with Crippen LogP contribution in [0.25, 0.3) is 0 Å². The average molecular weight is 227 g/mol. The lowest BCUT2D eigenvalue weighted by molar-refractivity contribution is 0.554. The number of nitriles is 1. The van der Waals surface area contributed by atoms with Crippen LogP contribution in [-0.4, -0.2) is 9.55 Å². The molecule has 0 bridgehead atoms. The first-order valence-corrected chi connectivity index (χ1v) is 5.01. The molecule has 0 aromatic carbocycles. The van der Waals surface area contributed by atoms with Gasteiger partial charge in [0.2, 0.25) is 0 Å². The number of aromatic amines is 1. The Morgan fingerprint density at radius 1 is 0.882 bits per heavy atom. The number of nitrogens with zero attached hydrogens (tertiary/aromatic N) is 2. The molecule has 0 fully saturated rings. The minimum absolute atomic E-state index is 1.38. The van der Waals surface area contributed by atoms with Crippen LogP contribution < -0.4 is 0 Å². The van der Waals surface area contributed by atoms with Gasteiger partial charge in [0.15, 0.2) is 6.19 Å². The van der Waals surface area contributed by atoms with Crippen LogP contribution in [0.5, 0.6) is 0 Å². The third kappa shape index (κ3) is 6.42. The quantitative estimate of drug-likeness (QED) is 0.740. The number of hydrogen-bond acceptors (Lipinski definition) is 2. The molecular formula is C13H13N3O. The average Bonchev–Trinajstić information content (AvgIpc) is 2.36. The Hall–Kier alpha value is -2.67. The molecule has 0 atom stereocenters. The van der Waals surface area contributed by atoms with Gasteiger partial charge in [-0.3, -0.25) is 4.57 Å². The molecule has 1 aromatic rings. The van der Waals surface area contributed by atoms with Crippen LogP contribution in [0.1, 0.15) is 0 Å². The Bertz CT molecular complexity index is 476. The molecule has 0 saturated heterocycles.